The van der Waals surface area contributed by atoms with E-state index >= 15 is 0 Å². The number of rotatable bonds is 7. The van der Waals surface area contributed by atoms with Gasteiger partial charge in [-0.1, -0.05) is 0 Å². The first-order valence-electron chi connectivity index (χ1n) is 8.01. The van der Waals surface area contributed by atoms with Gasteiger partial charge in [0.2, 0.25) is 0 Å². The number of nitrogens with zero attached hydrogens (tertiary/aromatic N) is 2. The molecule has 1 saturated heterocycles. The summed E-state index contributed by atoms with van der Waals surface area (Å²) in [7, 11) is 1.73. The molecule has 0 spiro atoms. The summed E-state index contributed by atoms with van der Waals surface area (Å²) in [4.78, 5) is 16.5. The Labute approximate surface area is 127 Å². The van der Waals surface area contributed by atoms with E-state index in [1.807, 2.05) is 18.7 Å². The van der Waals surface area contributed by atoms with Crippen LogP contribution in [0.3, 0.4) is 0 Å². The third-order valence-electron chi connectivity index (χ3n) is 4.03. The lowest BCUT2D eigenvalue weighted by Gasteiger charge is -2.35. The molecule has 0 aromatic rings. The second-order valence-electron chi connectivity index (χ2n) is 6.15. The van der Waals surface area contributed by atoms with Crippen LogP contribution in [0.25, 0.3) is 0 Å². The lowest BCUT2D eigenvalue weighted by atomic mass is 10.2. The Balaban J connectivity index is 1.68. The number of carbonyl (C=O) groups is 1. The molecule has 2 rings (SSSR count). The summed E-state index contributed by atoms with van der Waals surface area (Å²) in [5.41, 5.74) is 0. The quantitative estimate of drug-likeness (QED) is 0.759. The number of urea groups is 1. The van der Waals surface area contributed by atoms with Gasteiger partial charge in [-0.2, -0.15) is 0 Å². The Morgan fingerprint density at radius 3 is 2.52 bits per heavy atom. The zero-order valence-corrected chi connectivity index (χ0v) is 13.5. The van der Waals surface area contributed by atoms with E-state index < -0.39 is 0 Å². The predicted molar refractivity (Wildman–Crippen MR) is 81.5 cm³/mol. The third-order valence-corrected chi connectivity index (χ3v) is 4.03. The molecule has 2 aliphatic rings. The van der Waals surface area contributed by atoms with E-state index in [1.54, 1.807) is 7.11 Å². The second-order valence-corrected chi connectivity index (χ2v) is 6.15. The lowest BCUT2D eigenvalue weighted by Crippen LogP contribution is -2.52. The Morgan fingerprint density at radius 1 is 1.29 bits per heavy atom. The zero-order valence-electron chi connectivity index (χ0n) is 13.5. The highest BCUT2D eigenvalue weighted by molar-refractivity contribution is 5.74. The van der Waals surface area contributed by atoms with Crippen molar-refractivity contribution in [3.8, 4) is 0 Å². The summed E-state index contributed by atoms with van der Waals surface area (Å²) in [5.74, 6) is 0. The van der Waals surface area contributed by atoms with Crippen molar-refractivity contribution < 1.29 is 14.3 Å². The number of methoxy groups -OCH3 is 1. The Kier molecular flexibility index (Phi) is 6.26. The average molecular weight is 299 g/mol. The molecule has 0 unspecified atom stereocenters. The number of carbonyl (C=O) groups excluding carboxylic acids is 1. The minimum Gasteiger partial charge on any atom is -0.383 e. The van der Waals surface area contributed by atoms with Crippen LogP contribution in [0.1, 0.15) is 26.7 Å². The van der Waals surface area contributed by atoms with Gasteiger partial charge < -0.3 is 19.7 Å². The molecule has 2 atom stereocenters. The molecule has 0 aromatic carbocycles. The summed E-state index contributed by atoms with van der Waals surface area (Å²) >= 11 is 0. The van der Waals surface area contributed by atoms with Crippen LogP contribution in [-0.4, -0.2) is 80.5 Å². The van der Waals surface area contributed by atoms with Crippen molar-refractivity contribution in [3.05, 3.63) is 0 Å². The smallest absolute Gasteiger partial charge is 0.317 e. The highest BCUT2D eigenvalue weighted by Crippen LogP contribution is 2.25. The van der Waals surface area contributed by atoms with Crippen LogP contribution in [-0.2, 0) is 9.47 Å². The van der Waals surface area contributed by atoms with E-state index in [4.69, 9.17) is 9.47 Å². The third kappa shape index (κ3) is 5.45. The van der Waals surface area contributed by atoms with Crippen LogP contribution >= 0.6 is 0 Å². The molecule has 0 radical (unpaired) electrons. The van der Waals surface area contributed by atoms with E-state index in [0.717, 1.165) is 19.7 Å². The molecule has 1 N–H and O–H groups in total. The molecule has 1 aliphatic carbocycles. The van der Waals surface area contributed by atoms with Crippen molar-refractivity contribution in [1.29, 1.82) is 0 Å². The minimum absolute atomic E-state index is 0.0273. The SMILES string of the molecule is COCCN(CCNC(=O)N1C[C@H](C)O[C@@H](C)C1)C1CC1. The van der Waals surface area contributed by atoms with Crippen LogP contribution < -0.4 is 5.32 Å². The summed E-state index contributed by atoms with van der Waals surface area (Å²) in [6.07, 6.45) is 2.78. The molecule has 1 heterocycles. The molecular weight excluding hydrogens is 270 g/mol. The molecule has 0 bridgehead atoms. The number of morpholine rings is 1. The maximum Gasteiger partial charge on any atom is 0.317 e. The van der Waals surface area contributed by atoms with E-state index in [-0.39, 0.29) is 18.2 Å². The van der Waals surface area contributed by atoms with Gasteiger partial charge in [0.05, 0.1) is 18.8 Å². The standard InChI is InChI=1S/C15H29N3O3/c1-12-10-18(11-13(2)21-12)15(19)16-6-7-17(8-9-20-3)14-4-5-14/h12-14H,4-11H2,1-3H3,(H,16,19)/t12-,13-/m0/s1. The van der Waals surface area contributed by atoms with Gasteiger partial charge in [0.1, 0.15) is 0 Å². The molecule has 1 saturated carbocycles. The average Bonchev–Trinajstić information content (AvgIpc) is 3.25. The molecule has 0 aromatic heterocycles. The van der Waals surface area contributed by atoms with Crippen molar-refractivity contribution in [2.24, 2.45) is 0 Å². The topological polar surface area (TPSA) is 54.0 Å². The molecule has 21 heavy (non-hydrogen) atoms. The van der Waals surface area contributed by atoms with Gasteiger partial charge >= 0.3 is 6.03 Å². The van der Waals surface area contributed by atoms with E-state index in [1.165, 1.54) is 12.8 Å². The summed E-state index contributed by atoms with van der Waals surface area (Å²) in [6.45, 7) is 8.66. The molecule has 122 valence electrons. The predicted octanol–water partition coefficient (Wildman–Crippen LogP) is 0.916. The van der Waals surface area contributed by atoms with Crippen molar-refractivity contribution in [2.75, 3.05) is 46.4 Å². The number of amides is 2. The maximum absolute atomic E-state index is 12.2. The van der Waals surface area contributed by atoms with Crippen molar-refractivity contribution in [2.45, 2.75) is 44.9 Å². The van der Waals surface area contributed by atoms with E-state index in [9.17, 15) is 4.79 Å². The first-order valence-corrected chi connectivity index (χ1v) is 8.01. The van der Waals surface area contributed by atoms with Crippen LogP contribution in [0.4, 0.5) is 4.79 Å². The number of nitrogens with one attached hydrogen (secondary N) is 1. The number of ether oxygens (including phenoxy) is 2. The molecule has 2 fully saturated rings. The highest BCUT2D eigenvalue weighted by atomic mass is 16.5. The van der Waals surface area contributed by atoms with Gasteiger partial charge in [-0.15, -0.1) is 0 Å². The Morgan fingerprint density at radius 2 is 1.95 bits per heavy atom. The first-order chi connectivity index (χ1) is 10.1. The summed E-state index contributed by atoms with van der Waals surface area (Å²) in [5, 5.41) is 3.03. The highest BCUT2D eigenvalue weighted by Gasteiger charge is 2.29. The van der Waals surface area contributed by atoms with Crippen LogP contribution in [0.2, 0.25) is 0 Å². The van der Waals surface area contributed by atoms with Gasteiger partial charge in [-0.05, 0) is 26.7 Å². The van der Waals surface area contributed by atoms with Gasteiger partial charge in [0.25, 0.3) is 0 Å². The molecule has 1 aliphatic heterocycles. The Hall–Kier alpha value is -0.850. The normalized spacial score (nSPS) is 26.2. The maximum atomic E-state index is 12.2. The van der Waals surface area contributed by atoms with Crippen LogP contribution in [0, 0.1) is 0 Å². The largest absolute Gasteiger partial charge is 0.383 e. The van der Waals surface area contributed by atoms with Gasteiger partial charge in [-0.3, -0.25) is 4.90 Å². The molecular formula is C15H29N3O3. The lowest BCUT2D eigenvalue weighted by molar-refractivity contribution is -0.0545. The zero-order chi connectivity index (χ0) is 15.2. The minimum atomic E-state index is 0.0273. The van der Waals surface area contributed by atoms with Crippen molar-refractivity contribution in [3.63, 3.8) is 0 Å². The number of hydrogen-bond donors (Lipinski definition) is 1. The fourth-order valence-corrected chi connectivity index (χ4v) is 2.89. The van der Waals surface area contributed by atoms with E-state index in [2.05, 4.69) is 10.2 Å². The first kappa shape index (κ1) is 16.5. The van der Waals surface area contributed by atoms with Crippen molar-refractivity contribution >= 4 is 6.03 Å². The fourth-order valence-electron chi connectivity index (χ4n) is 2.89. The van der Waals surface area contributed by atoms with E-state index in [0.29, 0.717) is 25.7 Å². The monoisotopic (exact) mass is 299 g/mol. The summed E-state index contributed by atoms with van der Waals surface area (Å²) in [6, 6.07) is 0.722. The van der Waals surface area contributed by atoms with Crippen LogP contribution in [0.5, 0.6) is 0 Å². The van der Waals surface area contributed by atoms with Gasteiger partial charge in [-0.25, -0.2) is 4.79 Å². The molecule has 6 heteroatoms. The van der Waals surface area contributed by atoms with Gasteiger partial charge in [0, 0.05) is 45.9 Å². The molecule has 6 nitrogen and oxygen atoms in total. The molecule has 2 amide bonds. The Bertz CT molecular complexity index is 326. The second kappa shape index (κ2) is 7.96. The number of hydrogen-bond acceptors (Lipinski definition) is 4. The van der Waals surface area contributed by atoms with Crippen molar-refractivity contribution in [1.82, 2.24) is 15.1 Å². The summed E-state index contributed by atoms with van der Waals surface area (Å²) < 4.78 is 10.8. The fraction of sp³-hybridized carbons (Fsp3) is 0.933. The van der Waals surface area contributed by atoms with Crippen LogP contribution in [0.15, 0.2) is 0 Å². The van der Waals surface area contributed by atoms with Gasteiger partial charge in [0.15, 0.2) is 0 Å².